The molecule has 112 valence electrons. The largest absolute Gasteiger partial charge is 0.247 e. The van der Waals surface area contributed by atoms with Crippen LogP contribution in [-0.2, 0) is 0 Å². The molecule has 0 fully saturated rings. The summed E-state index contributed by atoms with van der Waals surface area (Å²) in [5.74, 6) is 0. The number of benzene rings is 4. The van der Waals surface area contributed by atoms with Gasteiger partial charge >= 0.3 is 0 Å². The molecule has 1 heteroatoms. The summed E-state index contributed by atoms with van der Waals surface area (Å²) in [6, 6.07) is 31.9. The number of pyridine rings is 1. The van der Waals surface area contributed by atoms with E-state index in [1.165, 1.54) is 32.7 Å². The Morgan fingerprint density at radius 2 is 1.21 bits per heavy atom. The van der Waals surface area contributed by atoms with Gasteiger partial charge < -0.3 is 0 Å². The second-order valence-electron chi connectivity index (χ2n) is 6.09. The summed E-state index contributed by atoms with van der Waals surface area (Å²) in [7, 11) is 0. The van der Waals surface area contributed by atoms with Gasteiger partial charge in [0.15, 0.2) is 0 Å². The Bertz CT molecular complexity index is 1180. The van der Waals surface area contributed by atoms with Crippen LogP contribution in [0.25, 0.3) is 43.7 Å². The fourth-order valence-corrected chi connectivity index (χ4v) is 3.49. The van der Waals surface area contributed by atoms with E-state index in [1.807, 2.05) is 6.07 Å². The van der Waals surface area contributed by atoms with Crippen LogP contribution in [0.5, 0.6) is 0 Å². The summed E-state index contributed by atoms with van der Waals surface area (Å²) in [5.41, 5.74) is 4.53. The Morgan fingerprint density at radius 3 is 2.08 bits per heavy atom. The Labute approximate surface area is 140 Å². The Balaban J connectivity index is 2.02. The molecule has 1 nitrogen and oxygen atoms in total. The van der Waals surface area contributed by atoms with Gasteiger partial charge in [0, 0.05) is 16.3 Å². The highest BCUT2D eigenvalue weighted by molar-refractivity contribution is 6.13. The van der Waals surface area contributed by atoms with E-state index in [0.717, 1.165) is 11.0 Å². The minimum absolute atomic E-state index is 1.04. The molecule has 0 unspecified atom stereocenters. The molecule has 0 atom stereocenters. The summed E-state index contributed by atoms with van der Waals surface area (Å²) in [4.78, 5) is 5.00. The number of nitrogens with zero attached hydrogens (tertiary/aromatic N) is 1. The predicted molar refractivity (Wildman–Crippen MR) is 102 cm³/mol. The lowest BCUT2D eigenvalue weighted by Crippen LogP contribution is -1.89. The minimum Gasteiger partial charge on any atom is -0.247 e. The maximum Gasteiger partial charge on any atom is 0.0794 e. The van der Waals surface area contributed by atoms with Crippen molar-refractivity contribution in [3.63, 3.8) is 0 Å². The Hall–Kier alpha value is -3.19. The number of fused-ring (bicyclic) bond motifs is 3. The van der Waals surface area contributed by atoms with Gasteiger partial charge in [-0.15, -0.1) is 0 Å². The molecule has 0 bridgehead atoms. The standard InChI is InChI=1S/C23H15N/c1-2-8-16(9-3-1)22-20-12-6-4-10-17(20)14-19-15-18-11-5-7-13-21(18)24-23(19)22/h1-15H. The van der Waals surface area contributed by atoms with Crippen LogP contribution in [-0.4, -0.2) is 4.98 Å². The molecular formula is C23H15N. The van der Waals surface area contributed by atoms with Gasteiger partial charge in [0.25, 0.3) is 0 Å². The molecule has 0 aliphatic carbocycles. The quantitative estimate of drug-likeness (QED) is 0.336. The average molecular weight is 305 g/mol. The normalized spacial score (nSPS) is 11.3. The monoisotopic (exact) mass is 305 g/mol. The van der Waals surface area contributed by atoms with Gasteiger partial charge in [0.2, 0.25) is 0 Å². The highest BCUT2D eigenvalue weighted by Crippen LogP contribution is 2.36. The van der Waals surface area contributed by atoms with Crippen LogP contribution < -0.4 is 0 Å². The molecule has 5 aromatic rings. The van der Waals surface area contributed by atoms with E-state index in [2.05, 4.69) is 84.9 Å². The van der Waals surface area contributed by atoms with Crippen molar-refractivity contribution in [2.45, 2.75) is 0 Å². The van der Waals surface area contributed by atoms with E-state index in [9.17, 15) is 0 Å². The van der Waals surface area contributed by atoms with Crippen molar-refractivity contribution in [2.24, 2.45) is 0 Å². The second-order valence-corrected chi connectivity index (χ2v) is 6.09. The van der Waals surface area contributed by atoms with Gasteiger partial charge in [0.05, 0.1) is 11.0 Å². The first-order valence-electron chi connectivity index (χ1n) is 8.17. The molecule has 0 aliphatic rings. The van der Waals surface area contributed by atoms with Crippen LogP contribution in [0.2, 0.25) is 0 Å². The maximum absolute atomic E-state index is 5.00. The SMILES string of the molecule is c1ccc(-c2c3ccccc3cc3cc4ccccc4nc23)cc1. The third-order valence-electron chi connectivity index (χ3n) is 4.59. The van der Waals surface area contributed by atoms with Crippen molar-refractivity contribution in [1.29, 1.82) is 0 Å². The van der Waals surface area contributed by atoms with E-state index in [1.54, 1.807) is 0 Å². The first-order chi connectivity index (χ1) is 11.9. The van der Waals surface area contributed by atoms with Gasteiger partial charge in [0.1, 0.15) is 0 Å². The van der Waals surface area contributed by atoms with Crippen LogP contribution in [0.15, 0.2) is 91.0 Å². The topological polar surface area (TPSA) is 12.9 Å². The van der Waals surface area contributed by atoms with Crippen molar-refractivity contribution >= 4 is 32.6 Å². The molecule has 24 heavy (non-hydrogen) atoms. The smallest absolute Gasteiger partial charge is 0.0794 e. The first kappa shape index (κ1) is 13.3. The van der Waals surface area contributed by atoms with E-state index < -0.39 is 0 Å². The lowest BCUT2D eigenvalue weighted by molar-refractivity contribution is 1.50. The van der Waals surface area contributed by atoms with Gasteiger partial charge in [-0.05, 0) is 34.5 Å². The first-order valence-corrected chi connectivity index (χ1v) is 8.17. The van der Waals surface area contributed by atoms with Crippen molar-refractivity contribution in [3.05, 3.63) is 91.0 Å². The summed E-state index contributed by atoms with van der Waals surface area (Å²) in [6.07, 6.45) is 0. The van der Waals surface area contributed by atoms with Crippen molar-refractivity contribution < 1.29 is 0 Å². The number of hydrogen-bond acceptors (Lipinski definition) is 1. The van der Waals surface area contributed by atoms with Crippen molar-refractivity contribution in [1.82, 2.24) is 4.98 Å². The third kappa shape index (κ3) is 1.99. The molecule has 1 heterocycles. The molecule has 4 aromatic carbocycles. The summed E-state index contributed by atoms with van der Waals surface area (Å²) in [6.45, 7) is 0. The van der Waals surface area contributed by atoms with Gasteiger partial charge in [-0.3, -0.25) is 0 Å². The van der Waals surface area contributed by atoms with Gasteiger partial charge in [-0.2, -0.15) is 0 Å². The number of hydrogen-bond donors (Lipinski definition) is 0. The van der Waals surface area contributed by atoms with E-state index in [0.29, 0.717) is 0 Å². The molecular weight excluding hydrogens is 290 g/mol. The highest BCUT2D eigenvalue weighted by Gasteiger charge is 2.11. The number of rotatable bonds is 1. The second kappa shape index (κ2) is 5.17. The predicted octanol–water partition coefficient (Wildman–Crippen LogP) is 6.21. The summed E-state index contributed by atoms with van der Waals surface area (Å²) >= 11 is 0. The van der Waals surface area contributed by atoms with E-state index in [4.69, 9.17) is 4.98 Å². The van der Waals surface area contributed by atoms with Crippen molar-refractivity contribution in [2.75, 3.05) is 0 Å². The third-order valence-corrected chi connectivity index (χ3v) is 4.59. The van der Waals surface area contributed by atoms with E-state index in [-0.39, 0.29) is 0 Å². The molecule has 0 amide bonds. The summed E-state index contributed by atoms with van der Waals surface area (Å²) in [5, 5.41) is 4.87. The molecule has 0 aliphatic heterocycles. The zero-order valence-corrected chi connectivity index (χ0v) is 13.1. The fourth-order valence-electron chi connectivity index (χ4n) is 3.49. The van der Waals surface area contributed by atoms with Crippen LogP contribution >= 0.6 is 0 Å². The number of para-hydroxylation sites is 1. The van der Waals surface area contributed by atoms with E-state index >= 15 is 0 Å². The van der Waals surface area contributed by atoms with Crippen LogP contribution in [0.3, 0.4) is 0 Å². The molecule has 0 radical (unpaired) electrons. The maximum atomic E-state index is 5.00. The van der Waals surface area contributed by atoms with Crippen molar-refractivity contribution in [3.8, 4) is 11.1 Å². The van der Waals surface area contributed by atoms with Crippen LogP contribution in [0, 0.1) is 0 Å². The van der Waals surface area contributed by atoms with Gasteiger partial charge in [-0.1, -0.05) is 72.8 Å². The zero-order chi connectivity index (χ0) is 15.9. The van der Waals surface area contributed by atoms with Crippen LogP contribution in [0.4, 0.5) is 0 Å². The molecule has 0 saturated heterocycles. The Morgan fingerprint density at radius 1 is 0.542 bits per heavy atom. The lowest BCUT2D eigenvalue weighted by Gasteiger charge is -2.12. The summed E-state index contributed by atoms with van der Waals surface area (Å²) < 4.78 is 0. The minimum atomic E-state index is 1.04. The number of aromatic nitrogens is 1. The molecule has 1 aromatic heterocycles. The molecule has 5 rings (SSSR count). The molecule has 0 saturated carbocycles. The molecule has 0 spiro atoms. The fraction of sp³-hybridized carbons (Fsp3) is 0. The Kier molecular flexibility index (Phi) is 2.86. The lowest BCUT2D eigenvalue weighted by atomic mass is 9.94. The van der Waals surface area contributed by atoms with Gasteiger partial charge in [-0.25, -0.2) is 4.98 Å². The molecule has 0 N–H and O–H groups in total. The average Bonchev–Trinajstić information content (AvgIpc) is 2.65. The zero-order valence-electron chi connectivity index (χ0n) is 13.1. The van der Waals surface area contributed by atoms with Crippen LogP contribution in [0.1, 0.15) is 0 Å². The highest BCUT2D eigenvalue weighted by atomic mass is 14.7.